The van der Waals surface area contributed by atoms with Gasteiger partial charge in [-0.15, -0.1) is 10.2 Å². The molecule has 12 nitrogen and oxygen atoms in total. The fourth-order valence-corrected chi connectivity index (χ4v) is 5.22. The topological polar surface area (TPSA) is 144 Å². The summed E-state index contributed by atoms with van der Waals surface area (Å²) in [4.78, 5) is 16.1. The first-order chi connectivity index (χ1) is 17.0. The van der Waals surface area contributed by atoms with Crippen LogP contribution in [0, 0.1) is 0 Å². The first-order valence-corrected chi connectivity index (χ1v) is 12.6. The third-order valence-electron chi connectivity index (χ3n) is 5.73. The molecule has 4 rings (SSSR count). The molecule has 0 saturated heterocycles. The van der Waals surface area contributed by atoms with E-state index < -0.39 is 45.2 Å². The lowest BCUT2D eigenvalue weighted by Gasteiger charge is -2.22. The summed E-state index contributed by atoms with van der Waals surface area (Å²) in [5, 5.41) is 6.98. The summed E-state index contributed by atoms with van der Waals surface area (Å²) in [7, 11) is -0.0950. The van der Waals surface area contributed by atoms with Gasteiger partial charge in [0, 0.05) is 25.9 Å². The van der Waals surface area contributed by atoms with Crippen molar-refractivity contribution in [2.45, 2.75) is 42.3 Å². The number of ether oxygens (including phenoxy) is 3. The lowest BCUT2D eigenvalue weighted by Crippen LogP contribution is -2.30. The van der Waals surface area contributed by atoms with Crippen molar-refractivity contribution < 1.29 is 31.4 Å². The van der Waals surface area contributed by atoms with Crippen LogP contribution in [0.5, 0.6) is 11.8 Å². The van der Waals surface area contributed by atoms with Gasteiger partial charge in [0.1, 0.15) is 24.0 Å². The van der Waals surface area contributed by atoms with E-state index in [9.17, 15) is 17.2 Å². The molecule has 0 bridgehead atoms. The highest BCUT2D eigenvalue weighted by Crippen LogP contribution is 2.56. The molecule has 0 spiro atoms. The zero-order valence-corrected chi connectivity index (χ0v) is 21.2. The van der Waals surface area contributed by atoms with E-state index in [2.05, 4.69) is 30.1 Å². The van der Waals surface area contributed by atoms with Crippen molar-refractivity contribution in [1.29, 1.82) is 0 Å². The Morgan fingerprint density at radius 1 is 1.11 bits per heavy atom. The van der Waals surface area contributed by atoms with E-state index in [1.54, 1.807) is 0 Å². The SMILES string of the molecule is COc1ncnc(OC)c1-n1c(CS(=O)(=O)[C@@H](C)[C@H](OC)c2ncc(Cl)cn2)nnc1[C@@H]1CC1(F)F. The Hall–Kier alpha value is -3.04. The minimum Gasteiger partial charge on any atom is -0.479 e. The average Bonchev–Trinajstić information content (AvgIpc) is 3.30. The fourth-order valence-electron chi connectivity index (χ4n) is 3.70. The number of hydrogen-bond acceptors (Lipinski definition) is 11. The first kappa shape index (κ1) is 26.0. The third kappa shape index (κ3) is 4.82. The van der Waals surface area contributed by atoms with E-state index in [1.807, 2.05) is 0 Å². The first-order valence-electron chi connectivity index (χ1n) is 10.5. The lowest BCUT2D eigenvalue weighted by atomic mass is 10.2. The van der Waals surface area contributed by atoms with Crippen molar-refractivity contribution in [2.75, 3.05) is 21.3 Å². The van der Waals surface area contributed by atoms with Crippen LogP contribution in [0.2, 0.25) is 5.02 Å². The van der Waals surface area contributed by atoms with E-state index in [0.717, 1.165) is 10.9 Å². The molecule has 3 atom stereocenters. The summed E-state index contributed by atoms with van der Waals surface area (Å²) in [6, 6.07) is 0. The number of hydrogen-bond donors (Lipinski definition) is 0. The highest BCUT2D eigenvalue weighted by atomic mass is 35.5. The van der Waals surface area contributed by atoms with E-state index in [-0.39, 0.29) is 39.9 Å². The number of methoxy groups -OCH3 is 3. The molecule has 1 aliphatic carbocycles. The molecule has 1 saturated carbocycles. The maximum atomic E-state index is 14.1. The second kappa shape index (κ2) is 9.78. The van der Waals surface area contributed by atoms with Gasteiger partial charge in [0.2, 0.25) is 11.8 Å². The maximum Gasteiger partial charge on any atom is 0.259 e. The molecular formula is C20H22ClF2N7O5S. The van der Waals surface area contributed by atoms with Crippen molar-refractivity contribution in [2.24, 2.45) is 0 Å². The highest BCUT2D eigenvalue weighted by Gasteiger charge is 2.60. The molecular weight excluding hydrogens is 524 g/mol. The van der Waals surface area contributed by atoms with Gasteiger partial charge in [-0.1, -0.05) is 11.6 Å². The lowest BCUT2D eigenvalue weighted by molar-refractivity contribution is 0.0948. The van der Waals surface area contributed by atoms with Crippen LogP contribution in [-0.4, -0.2) is 75.6 Å². The van der Waals surface area contributed by atoms with Crippen LogP contribution in [0.3, 0.4) is 0 Å². The number of halogens is 3. The largest absolute Gasteiger partial charge is 0.479 e. The number of nitrogens with zero attached hydrogens (tertiary/aromatic N) is 7. The quantitative estimate of drug-likeness (QED) is 0.370. The van der Waals surface area contributed by atoms with Gasteiger partial charge in [0.05, 0.1) is 30.4 Å². The zero-order chi connectivity index (χ0) is 26.3. The summed E-state index contributed by atoms with van der Waals surface area (Å²) < 4.78 is 72.2. The number of alkyl halides is 2. The normalized spacial score (nSPS) is 18.5. The Bertz CT molecular complexity index is 1330. The average molecular weight is 546 g/mol. The molecule has 16 heteroatoms. The van der Waals surface area contributed by atoms with Crippen molar-refractivity contribution in [3.63, 3.8) is 0 Å². The molecule has 194 valence electrons. The van der Waals surface area contributed by atoms with E-state index in [0.29, 0.717) is 0 Å². The summed E-state index contributed by atoms with van der Waals surface area (Å²) in [6.45, 7) is 1.42. The summed E-state index contributed by atoms with van der Waals surface area (Å²) in [6.07, 6.45) is 2.29. The summed E-state index contributed by atoms with van der Waals surface area (Å²) >= 11 is 5.83. The molecule has 0 aromatic carbocycles. The molecule has 0 N–H and O–H groups in total. The van der Waals surface area contributed by atoms with Gasteiger partial charge >= 0.3 is 0 Å². The molecule has 0 amide bonds. The van der Waals surface area contributed by atoms with Crippen LogP contribution in [0.25, 0.3) is 5.69 Å². The minimum absolute atomic E-state index is 0.00683. The molecule has 0 radical (unpaired) electrons. The Morgan fingerprint density at radius 3 is 2.19 bits per heavy atom. The van der Waals surface area contributed by atoms with Gasteiger partial charge in [0.15, 0.2) is 27.2 Å². The molecule has 3 heterocycles. The molecule has 1 fully saturated rings. The fraction of sp³-hybridized carbons (Fsp3) is 0.500. The van der Waals surface area contributed by atoms with Crippen molar-refractivity contribution >= 4 is 21.4 Å². The number of aromatic nitrogens is 7. The van der Waals surface area contributed by atoms with Crippen LogP contribution >= 0.6 is 11.6 Å². The maximum absolute atomic E-state index is 14.1. The van der Waals surface area contributed by atoms with Crippen LogP contribution in [0.4, 0.5) is 8.78 Å². The van der Waals surface area contributed by atoms with Crippen molar-refractivity contribution in [3.05, 3.63) is 41.2 Å². The van der Waals surface area contributed by atoms with Gasteiger partial charge < -0.3 is 14.2 Å². The number of sulfone groups is 1. The Kier molecular flexibility index (Phi) is 7.07. The minimum atomic E-state index is -4.04. The molecule has 36 heavy (non-hydrogen) atoms. The van der Waals surface area contributed by atoms with Crippen LogP contribution in [0.15, 0.2) is 18.7 Å². The van der Waals surface area contributed by atoms with Gasteiger partial charge in [-0.3, -0.25) is 4.57 Å². The second-order valence-electron chi connectivity index (χ2n) is 8.00. The zero-order valence-electron chi connectivity index (χ0n) is 19.6. The van der Waals surface area contributed by atoms with Crippen LogP contribution in [0.1, 0.15) is 42.8 Å². The molecule has 0 unspecified atom stereocenters. The predicted molar refractivity (Wildman–Crippen MR) is 121 cm³/mol. The third-order valence-corrected chi connectivity index (χ3v) is 7.97. The van der Waals surface area contributed by atoms with E-state index in [4.69, 9.17) is 25.8 Å². The molecule has 3 aromatic heterocycles. The highest BCUT2D eigenvalue weighted by molar-refractivity contribution is 7.91. The second-order valence-corrected chi connectivity index (χ2v) is 10.8. The summed E-state index contributed by atoms with van der Waals surface area (Å²) in [5.74, 6) is -5.26. The van der Waals surface area contributed by atoms with Crippen LogP contribution in [-0.2, 0) is 20.3 Å². The van der Waals surface area contributed by atoms with Crippen molar-refractivity contribution in [3.8, 4) is 17.4 Å². The smallest absolute Gasteiger partial charge is 0.259 e. The summed E-state index contributed by atoms with van der Waals surface area (Å²) in [5.41, 5.74) is 0.00683. The van der Waals surface area contributed by atoms with Gasteiger partial charge in [-0.25, -0.2) is 27.2 Å². The Balaban J connectivity index is 1.78. The van der Waals surface area contributed by atoms with Gasteiger partial charge in [0.25, 0.3) is 5.92 Å². The molecule has 0 aliphatic heterocycles. The van der Waals surface area contributed by atoms with Crippen LogP contribution < -0.4 is 9.47 Å². The molecule has 1 aliphatic rings. The number of rotatable bonds is 10. The van der Waals surface area contributed by atoms with Gasteiger partial charge in [-0.05, 0) is 6.92 Å². The standard InChI is InChI=1S/C20H22ClF2N7O5S/c1-10(15(33-2)16-24-6-11(21)7-25-16)36(31,32)8-13-28-29-17(12-5-20(12,22)23)30(13)14-18(34-3)26-9-27-19(14)35-4/h6-7,9-10,12,15H,5,8H2,1-4H3/t10-,12-,15-/m0/s1. The van der Waals surface area contributed by atoms with E-state index >= 15 is 0 Å². The Morgan fingerprint density at radius 2 is 1.69 bits per heavy atom. The monoisotopic (exact) mass is 545 g/mol. The van der Waals surface area contributed by atoms with Crippen molar-refractivity contribution in [1.82, 2.24) is 34.7 Å². The van der Waals surface area contributed by atoms with E-state index in [1.165, 1.54) is 40.6 Å². The Labute approximate surface area is 209 Å². The predicted octanol–water partition coefficient (Wildman–Crippen LogP) is 2.33. The molecule has 3 aromatic rings. The van der Waals surface area contributed by atoms with Gasteiger partial charge in [-0.2, -0.15) is 9.97 Å².